The molecule has 3 nitrogen and oxygen atoms in total. The molecule has 2 aromatic rings. The van der Waals surface area contributed by atoms with Crippen LogP contribution in [0.3, 0.4) is 0 Å². The first-order valence-electron chi connectivity index (χ1n) is 8.99. The maximum Gasteiger partial charge on any atom is 0.142 e. The first-order valence-corrected chi connectivity index (χ1v) is 10.2. The Kier molecular flexibility index (Phi) is 6.74. The molecule has 0 aliphatic heterocycles. The third kappa shape index (κ3) is 4.29. The van der Waals surface area contributed by atoms with Gasteiger partial charge in [0.25, 0.3) is 0 Å². The molecular weight excluding hydrogens is 399 g/mol. The van der Waals surface area contributed by atoms with Gasteiger partial charge >= 0.3 is 0 Å². The van der Waals surface area contributed by atoms with Crippen molar-refractivity contribution in [2.75, 3.05) is 7.05 Å². The first-order chi connectivity index (χ1) is 13.1. The summed E-state index contributed by atoms with van der Waals surface area (Å²) in [6, 6.07) is 15.7. The third-order valence-electron chi connectivity index (χ3n) is 4.98. The van der Waals surface area contributed by atoms with E-state index in [1.165, 1.54) is 0 Å². The Morgan fingerprint density at radius 3 is 2.63 bits per heavy atom. The minimum Gasteiger partial charge on any atom is -0.391 e. The Labute approximate surface area is 175 Å². The second-order valence-corrected chi connectivity index (χ2v) is 7.84. The highest BCUT2D eigenvalue weighted by molar-refractivity contribution is 7.80. The van der Waals surface area contributed by atoms with E-state index in [1.54, 1.807) is 0 Å². The number of halogens is 2. The fourth-order valence-corrected chi connectivity index (χ4v) is 4.22. The zero-order valence-corrected chi connectivity index (χ0v) is 17.5. The Morgan fingerprint density at radius 1 is 1.15 bits per heavy atom. The highest BCUT2D eigenvalue weighted by Gasteiger charge is 2.44. The van der Waals surface area contributed by atoms with Crippen molar-refractivity contribution in [1.82, 2.24) is 5.32 Å². The average Bonchev–Trinajstić information content (AvgIpc) is 2.70. The van der Waals surface area contributed by atoms with Gasteiger partial charge in [-0.1, -0.05) is 83.4 Å². The van der Waals surface area contributed by atoms with Crippen molar-refractivity contribution in [3.8, 4) is 0 Å². The minimum atomic E-state index is -0.521. The van der Waals surface area contributed by atoms with Crippen molar-refractivity contribution < 1.29 is 4.84 Å². The molecule has 1 fully saturated rings. The molecule has 6 heteroatoms. The molecule has 3 rings (SSSR count). The van der Waals surface area contributed by atoms with Gasteiger partial charge in [-0.3, -0.25) is 0 Å². The zero-order valence-electron chi connectivity index (χ0n) is 15.2. The number of nitrogens with one attached hydrogen (secondary N) is 1. The summed E-state index contributed by atoms with van der Waals surface area (Å²) in [5, 5.41) is 8.75. The van der Waals surface area contributed by atoms with Crippen LogP contribution in [0.5, 0.6) is 0 Å². The van der Waals surface area contributed by atoms with Crippen LogP contribution in [0, 0.1) is 0 Å². The highest BCUT2D eigenvalue weighted by atomic mass is 35.5. The van der Waals surface area contributed by atoms with Crippen LogP contribution in [0.1, 0.15) is 36.8 Å². The van der Waals surface area contributed by atoms with E-state index in [9.17, 15) is 0 Å². The number of hydrogen-bond acceptors (Lipinski definition) is 3. The van der Waals surface area contributed by atoms with E-state index in [-0.39, 0.29) is 0 Å². The topological polar surface area (TPSA) is 33.6 Å². The molecule has 2 aromatic carbocycles. The first kappa shape index (κ1) is 20.1. The van der Waals surface area contributed by atoms with Crippen molar-refractivity contribution in [3.05, 3.63) is 69.7 Å². The summed E-state index contributed by atoms with van der Waals surface area (Å²) in [7, 11) is 1.85. The molecule has 1 unspecified atom stereocenters. The number of oxime groups is 1. The standard InChI is InChI=1S/C21H22Cl2N2OS/c1-24-20(27)21(16-10-11-17(22)18(23)13-16)12-6-5-9-19(21)25-26-14-15-7-3-2-4-8-15/h2-4,7-8,10-11,13H,5-6,9,12,14H2,1H3,(H,24,27)/b25-19-. The summed E-state index contributed by atoms with van der Waals surface area (Å²) < 4.78 is 0. The molecule has 1 aliphatic carbocycles. The van der Waals surface area contributed by atoms with Crippen LogP contribution in [0.25, 0.3) is 0 Å². The average molecular weight is 421 g/mol. The highest BCUT2D eigenvalue weighted by Crippen LogP contribution is 2.40. The van der Waals surface area contributed by atoms with Gasteiger partial charge in [0.1, 0.15) is 6.61 Å². The quantitative estimate of drug-likeness (QED) is 0.480. The summed E-state index contributed by atoms with van der Waals surface area (Å²) >= 11 is 18.2. The number of likely N-dealkylation sites (N-methyl/N-ethyl adjacent to an activating group) is 1. The van der Waals surface area contributed by atoms with Crippen LogP contribution >= 0.6 is 35.4 Å². The van der Waals surface area contributed by atoms with E-state index in [4.69, 9.17) is 40.3 Å². The molecule has 0 aromatic heterocycles. The summed E-state index contributed by atoms with van der Waals surface area (Å²) in [6.45, 7) is 0.425. The van der Waals surface area contributed by atoms with Gasteiger partial charge < -0.3 is 10.2 Å². The lowest BCUT2D eigenvalue weighted by Gasteiger charge is -2.39. The van der Waals surface area contributed by atoms with E-state index >= 15 is 0 Å². The van der Waals surface area contributed by atoms with Gasteiger partial charge in [0, 0.05) is 7.05 Å². The van der Waals surface area contributed by atoms with E-state index in [1.807, 2.05) is 55.6 Å². The van der Waals surface area contributed by atoms with Crippen LogP contribution < -0.4 is 5.32 Å². The fourth-order valence-electron chi connectivity index (χ4n) is 3.58. The normalized spacial score (nSPS) is 21.1. The smallest absolute Gasteiger partial charge is 0.142 e. The van der Waals surface area contributed by atoms with Crippen LogP contribution in [-0.4, -0.2) is 17.7 Å². The van der Waals surface area contributed by atoms with Crippen molar-refractivity contribution in [2.24, 2.45) is 5.16 Å². The monoisotopic (exact) mass is 420 g/mol. The molecule has 27 heavy (non-hydrogen) atoms. The molecule has 0 radical (unpaired) electrons. The predicted molar refractivity (Wildman–Crippen MR) is 117 cm³/mol. The van der Waals surface area contributed by atoms with Crippen molar-refractivity contribution in [1.29, 1.82) is 0 Å². The molecule has 1 atom stereocenters. The Bertz CT molecular complexity index is 841. The number of hydrogen-bond donors (Lipinski definition) is 1. The van der Waals surface area contributed by atoms with Gasteiger partial charge in [-0.2, -0.15) is 0 Å². The fraction of sp³-hybridized carbons (Fsp3) is 0.333. The lowest BCUT2D eigenvalue weighted by atomic mass is 9.67. The summed E-state index contributed by atoms with van der Waals surface area (Å²) in [5.74, 6) is 0. The molecule has 0 saturated heterocycles. The molecule has 0 heterocycles. The number of benzene rings is 2. The number of thiocarbonyl (C=S) groups is 1. The maximum absolute atomic E-state index is 6.31. The molecule has 1 N–H and O–H groups in total. The summed E-state index contributed by atoms with van der Waals surface area (Å²) in [4.78, 5) is 6.45. The molecular formula is C21H22Cl2N2OS. The van der Waals surface area contributed by atoms with Gasteiger partial charge in [-0.15, -0.1) is 0 Å². The molecule has 0 bridgehead atoms. The second-order valence-electron chi connectivity index (χ2n) is 6.62. The molecule has 142 valence electrons. The second kappa shape index (κ2) is 9.05. The van der Waals surface area contributed by atoms with Gasteiger partial charge in [-0.05, 0) is 42.5 Å². The Balaban J connectivity index is 1.96. The number of rotatable bonds is 5. The van der Waals surface area contributed by atoms with Crippen LogP contribution in [0.15, 0.2) is 53.7 Å². The minimum absolute atomic E-state index is 0.425. The predicted octanol–water partition coefficient (Wildman–Crippen LogP) is 5.92. The summed E-state index contributed by atoms with van der Waals surface area (Å²) in [6.07, 6.45) is 3.80. The molecule has 0 spiro atoms. The van der Waals surface area contributed by atoms with Gasteiger partial charge in [0.05, 0.1) is 26.2 Å². The largest absolute Gasteiger partial charge is 0.391 e. The Morgan fingerprint density at radius 2 is 1.93 bits per heavy atom. The van der Waals surface area contributed by atoms with Crippen molar-refractivity contribution in [2.45, 2.75) is 37.7 Å². The van der Waals surface area contributed by atoms with E-state index in [0.717, 1.165) is 47.5 Å². The Hall–Kier alpha value is -1.62. The van der Waals surface area contributed by atoms with Crippen LogP contribution in [0.4, 0.5) is 0 Å². The summed E-state index contributed by atoms with van der Waals surface area (Å²) in [5.41, 5.74) is 2.49. The lowest BCUT2D eigenvalue weighted by Crippen LogP contribution is -2.50. The van der Waals surface area contributed by atoms with Crippen LogP contribution in [0.2, 0.25) is 10.0 Å². The third-order valence-corrected chi connectivity index (χ3v) is 6.28. The van der Waals surface area contributed by atoms with Gasteiger partial charge in [-0.25, -0.2) is 0 Å². The molecule has 1 saturated carbocycles. The SMILES string of the molecule is CNC(=S)C1(c2ccc(Cl)c(Cl)c2)CCCC/C1=N/OCc1ccccc1. The number of nitrogens with zero attached hydrogens (tertiary/aromatic N) is 1. The maximum atomic E-state index is 6.31. The van der Waals surface area contributed by atoms with E-state index < -0.39 is 5.41 Å². The van der Waals surface area contributed by atoms with Crippen molar-refractivity contribution in [3.63, 3.8) is 0 Å². The van der Waals surface area contributed by atoms with Crippen LogP contribution in [-0.2, 0) is 16.9 Å². The zero-order chi connectivity index (χ0) is 19.3. The van der Waals surface area contributed by atoms with E-state index in [2.05, 4.69) is 10.5 Å². The molecule has 0 amide bonds. The lowest BCUT2D eigenvalue weighted by molar-refractivity contribution is 0.127. The van der Waals surface area contributed by atoms with Crippen molar-refractivity contribution >= 4 is 46.1 Å². The van der Waals surface area contributed by atoms with Gasteiger partial charge in [0.15, 0.2) is 0 Å². The molecule has 1 aliphatic rings. The van der Waals surface area contributed by atoms with Gasteiger partial charge in [0.2, 0.25) is 0 Å². The van der Waals surface area contributed by atoms with E-state index in [0.29, 0.717) is 16.7 Å².